The number of rotatable bonds is 9. The van der Waals surface area contributed by atoms with E-state index in [1.807, 2.05) is 54.6 Å². The van der Waals surface area contributed by atoms with Crippen molar-refractivity contribution < 1.29 is 19.1 Å². The standard InChI is InChI=1S/C24H31N3O4/c1-24(2,3)31-23(30)25-15-14-21(28)26-17-19-10-7-11-20(16-19)27-22(29)13-12-18-8-5-4-6-9-18/h4-11,16H,12-15,17H2,1-3H3,(H,25,30)(H,26,28)(H,27,29). The summed E-state index contributed by atoms with van der Waals surface area (Å²) in [5.74, 6) is -0.244. The lowest BCUT2D eigenvalue weighted by atomic mass is 10.1. The Balaban J connectivity index is 1.70. The Morgan fingerprint density at radius 2 is 1.55 bits per heavy atom. The van der Waals surface area contributed by atoms with Crippen molar-refractivity contribution in [2.75, 3.05) is 11.9 Å². The molecule has 7 heteroatoms. The summed E-state index contributed by atoms with van der Waals surface area (Å²) in [6, 6.07) is 17.2. The first kappa shape index (κ1) is 23.9. The number of alkyl carbamates (subject to hydrolysis) is 1. The highest BCUT2D eigenvalue weighted by Gasteiger charge is 2.15. The van der Waals surface area contributed by atoms with Gasteiger partial charge in [-0.25, -0.2) is 4.79 Å². The number of carbonyl (C=O) groups excluding carboxylic acids is 3. The first-order valence-corrected chi connectivity index (χ1v) is 10.4. The van der Waals surface area contributed by atoms with E-state index in [1.165, 1.54) is 0 Å². The molecule has 0 heterocycles. The molecule has 166 valence electrons. The summed E-state index contributed by atoms with van der Waals surface area (Å²) in [4.78, 5) is 35.8. The van der Waals surface area contributed by atoms with E-state index >= 15 is 0 Å². The minimum Gasteiger partial charge on any atom is -0.444 e. The maximum absolute atomic E-state index is 12.2. The molecule has 0 aliphatic carbocycles. The van der Waals surface area contributed by atoms with E-state index in [9.17, 15) is 14.4 Å². The lowest BCUT2D eigenvalue weighted by Crippen LogP contribution is -2.35. The van der Waals surface area contributed by atoms with E-state index < -0.39 is 11.7 Å². The molecule has 2 rings (SSSR count). The number of benzene rings is 2. The quantitative estimate of drug-likeness (QED) is 0.569. The van der Waals surface area contributed by atoms with E-state index in [4.69, 9.17) is 4.74 Å². The molecule has 2 aromatic rings. The number of hydrogen-bond donors (Lipinski definition) is 3. The van der Waals surface area contributed by atoms with Crippen LogP contribution in [0.15, 0.2) is 54.6 Å². The summed E-state index contributed by atoms with van der Waals surface area (Å²) in [7, 11) is 0. The predicted molar refractivity (Wildman–Crippen MR) is 121 cm³/mol. The van der Waals surface area contributed by atoms with Gasteiger partial charge in [-0.15, -0.1) is 0 Å². The van der Waals surface area contributed by atoms with Crippen molar-refractivity contribution >= 4 is 23.6 Å². The molecule has 0 spiro atoms. The molecule has 3 amide bonds. The number of amides is 3. The zero-order valence-electron chi connectivity index (χ0n) is 18.4. The molecule has 0 aliphatic rings. The number of hydrogen-bond acceptors (Lipinski definition) is 4. The summed E-state index contributed by atoms with van der Waals surface area (Å²) >= 11 is 0. The highest BCUT2D eigenvalue weighted by molar-refractivity contribution is 5.90. The highest BCUT2D eigenvalue weighted by Crippen LogP contribution is 2.12. The Kier molecular flexibility index (Phi) is 9.06. The largest absolute Gasteiger partial charge is 0.444 e. The van der Waals surface area contributed by atoms with Crippen LogP contribution in [-0.2, 0) is 27.3 Å². The first-order chi connectivity index (χ1) is 14.7. The molecule has 0 aliphatic heterocycles. The molecule has 0 unspecified atom stereocenters. The van der Waals surface area contributed by atoms with Gasteiger partial charge in [-0.05, 0) is 50.5 Å². The van der Waals surface area contributed by atoms with Crippen molar-refractivity contribution in [2.24, 2.45) is 0 Å². The monoisotopic (exact) mass is 425 g/mol. The third-order valence-corrected chi connectivity index (χ3v) is 4.20. The van der Waals surface area contributed by atoms with Crippen molar-refractivity contribution in [3.8, 4) is 0 Å². The van der Waals surface area contributed by atoms with Crippen molar-refractivity contribution in [1.29, 1.82) is 0 Å². The van der Waals surface area contributed by atoms with Gasteiger partial charge in [0, 0.05) is 31.6 Å². The lowest BCUT2D eigenvalue weighted by Gasteiger charge is -2.19. The summed E-state index contributed by atoms with van der Waals surface area (Å²) < 4.78 is 5.12. The minimum absolute atomic E-state index is 0.0572. The van der Waals surface area contributed by atoms with E-state index in [0.717, 1.165) is 11.1 Å². The molecular weight excluding hydrogens is 394 g/mol. The maximum atomic E-state index is 12.2. The van der Waals surface area contributed by atoms with Gasteiger partial charge in [0.2, 0.25) is 11.8 Å². The average Bonchev–Trinajstić information content (AvgIpc) is 2.70. The second-order valence-corrected chi connectivity index (χ2v) is 8.19. The van der Waals surface area contributed by atoms with Crippen molar-refractivity contribution in [1.82, 2.24) is 10.6 Å². The topological polar surface area (TPSA) is 96.5 Å². The van der Waals surface area contributed by atoms with Gasteiger partial charge in [-0.3, -0.25) is 9.59 Å². The van der Waals surface area contributed by atoms with Gasteiger partial charge in [0.25, 0.3) is 0 Å². The number of anilines is 1. The van der Waals surface area contributed by atoms with Crippen LogP contribution in [0.3, 0.4) is 0 Å². The predicted octanol–water partition coefficient (Wildman–Crippen LogP) is 3.79. The van der Waals surface area contributed by atoms with Crippen molar-refractivity contribution in [3.63, 3.8) is 0 Å². The van der Waals surface area contributed by atoms with Crippen LogP contribution < -0.4 is 16.0 Å². The van der Waals surface area contributed by atoms with Crippen LogP contribution in [0, 0.1) is 0 Å². The van der Waals surface area contributed by atoms with E-state index in [2.05, 4.69) is 16.0 Å². The van der Waals surface area contributed by atoms with Crippen LogP contribution in [0.5, 0.6) is 0 Å². The number of aryl methyl sites for hydroxylation is 1. The van der Waals surface area contributed by atoms with Gasteiger partial charge < -0.3 is 20.7 Å². The molecule has 2 aromatic carbocycles. The summed E-state index contributed by atoms with van der Waals surface area (Å²) in [6.07, 6.45) is 0.681. The zero-order valence-corrected chi connectivity index (χ0v) is 18.4. The lowest BCUT2D eigenvalue weighted by molar-refractivity contribution is -0.121. The first-order valence-electron chi connectivity index (χ1n) is 10.4. The molecule has 3 N–H and O–H groups in total. The normalized spacial score (nSPS) is 10.8. The molecule has 7 nitrogen and oxygen atoms in total. The fraction of sp³-hybridized carbons (Fsp3) is 0.375. The molecule has 31 heavy (non-hydrogen) atoms. The fourth-order valence-electron chi connectivity index (χ4n) is 2.77. The van der Waals surface area contributed by atoms with E-state index in [1.54, 1.807) is 20.8 Å². The average molecular weight is 426 g/mol. The molecule has 0 aromatic heterocycles. The molecule has 0 radical (unpaired) electrons. The molecule has 0 bridgehead atoms. The van der Waals surface area contributed by atoms with Crippen molar-refractivity contribution in [3.05, 3.63) is 65.7 Å². The Morgan fingerprint density at radius 1 is 0.839 bits per heavy atom. The number of nitrogens with one attached hydrogen (secondary N) is 3. The second-order valence-electron chi connectivity index (χ2n) is 8.19. The van der Waals surface area contributed by atoms with Gasteiger partial charge >= 0.3 is 6.09 Å². The van der Waals surface area contributed by atoms with E-state index in [0.29, 0.717) is 25.1 Å². The van der Waals surface area contributed by atoms with Crippen LogP contribution >= 0.6 is 0 Å². The summed E-state index contributed by atoms with van der Waals surface area (Å²) in [5.41, 5.74) is 2.11. The smallest absolute Gasteiger partial charge is 0.407 e. The SMILES string of the molecule is CC(C)(C)OC(=O)NCCC(=O)NCc1cccc(NC(=O)CCc2ccccc2)c1. The van der Waals surface area contributed by atoms with Crippen molar-refractivity contribution in [2.45, 2.75) is 52.2 Å². The van der Waals surface area contributed by atoms with Gasteiger partial charge in [-0.2, -0.15) is 0 Å². The fourth-order valence-corrected chi connectivity index (χ4v) is 2.77. The summed E-state index contributed by atoms with van der Waals surface area (Å²) in [5, 5.41) is 8.25. The van der Waals surface area contributed by atoms with Crippen LogP contribution in [0.4, 0.5) is 10.5 Å². The molecular formula is C24H31N3O4. The Morgan fingerprint density at radius 3 is 2.26 bits per heavy atom. The van der Waals surface area contributed by atoms with Gasteiger partial charge in [0.05, 0.1) is 0 Å². The molecule has 0 atom stereocenters. The van der Waals surface area contributed by atoms with Gasteiger partial charge in [-0.1, -0.05) is 42.5 Å². The van der Waals surface area contributed by atoms with Crippen LogP contribution in [0.25, 0.3) is 0 Å². The van der Waals surface area contributed by atoms with Crippen LogP contribution in [0.1, 0.15) is 44.7 Å². The third-order valence-electron chi connectivity index (χ3n) is 4.20. The third kappa shape index (κ3) is 10.3. The van der Waals surface area contributed by atoms with Gasteiger partial charge in [0.15, 0.2) is 0 Å². The van der Waals surface area contributed by atoms with E-state index in [-0.39, 0.29) is 24.8 Å². The molecule has 0 saturated carbocycles. The number of carbonyl (C=O) groups is 3. The summed E-state index contributed by atoms with van der Waals surface area (Å²) in [6.45, 7) is 5.86. The maximum Gasteiger partial charge on any atom is 0.407 e. The zero-order chi connectivity index (χ0) is 22.7. The Labute approximate surface area is 183 Å². The molecule has 0 saturated heterocycles. The molecule has 0 fully saturated rings. The number of ether oxygens (including phenoxy) is 1. The Bertz CT molecular complexity index is 876. The van der Waals surface area contributed by atoms with Crippen LogP contribution in [0.2, 0.25) is 0 Å². The second kappa shape index (κ2) is 11.7. The Hall–Kier alpha value is -3.35. The van der Waals surface area contributed by atoms with Crippen LogP contribution in [-0.4, -0.2) is 30.1 Å². The van der Waals surface area contributed by atoms with Gasteiger partial charge in [0.1, 0.15) is 5.60 Å². The minimum atomic E-state index is -0.575. The highest BCUT2D eigenvalue weighted by atomic mass is 16.6.